The monoisotopic (exact) mass is 567 g/mol. The number of anilines is 1. The molecule has 4 aromatic rings. The summed E-state index contributed by atoms with van der Waals surface area (Å²) in [5, 5.41) is 18.5. The van der Waals surface area contributed by atoms with Crippen molar-refractivity contribution in [3.8, 4) is 11.9 Å². The molecule has 42 heavy (non-hydrogen) atoms. The van der Waals surface area contributed by atoms with Crippen LogP contribution in [0.5, 0.6) is 5.88 Å². The molecule has 2 atom stereocenters. The molecule has 2 aromatic heterocycles. The quantitative estimate of drug-likeness (QED) is 0.306. The Morgan fingerprint density at radius 1 is 1.17 bits per heavy atom. The maximum Gasteiger partial charge on any atom is 0.335 e. The number of fused-ring (bicyclic) bond motifs is 1. The highest BCUT2D eigenvalue weighted by atomic mass is 19.1. The van der Waals surface area contributed by atoms with Crippen molar-refractivity contribution in [3.05, 3.63) is 82.9 Å². The number of rotatable bonds is 8. The lowest BCUT2D eigenvalue weighted by atomic mass is 9.90. The predicted molar refractivity (Wildman–Crippen MR) is 152 cm³/mol. The maximum atomic E-state index is 14.3. The van der Waals surface area contributed by atoms with Crippen LogP contribution in [0, 0.1) is 22.6 Å². The number of nitrogens with zero attached hydrogens (tertiary/aromatic N) is 5. The molecule has 2 saturated heterocycles. The zero-order valence-electron chi connectivity index (χ0n) is 23.0. The minimum absolute atomic E-state index is 0.0274. The fraction of sp³-hybridized carbons (Fsp3) is 0.375. The summed E-state index contributed by atoms with van der Waals surface area (Å²) in [4.78, 5) is 23.6. The molecule has 1 unspecified atom stereocenters. The molecular weight excluding hydrogens is 537 g/mol. The van der Waals surface area contributed by atoms with E-state index in [1.54, 1.807) is 30.3 Å². The van der Waals surface area contributed by atoms with Crippen LogP contribution < -0.4 is 9.64 Å². The zero-order chi connectivity index (χ0) is 28.8. The van der Waals surface area contributed by atoms with E-state index >= 15 is 0 Å². The smallest absolute Gasteiger partial charge is 0.335 e. The summed E-state index contributed by atoms with van der Waals surface area (Å²) in [6.45, 7) is 3.19. The van der Waals surface area contributed by atoms with E-state index in [0.717, 1.165) is 68.1 Å². The fourth-order valence-corrected chi connectivity index (χ4v) is 6.36. The predicted octanol–water partition coefficient (Wildman–Crippen LogP) is 5.28. The van der Waals surface area contributed by atoms with Crippen molar-refractivity contribution in [2.45, 2.75) is 50.9 Å². The molecule has 7 rings (SSSR count). The molecule has 9 nitrogen and oxygen atoms in total. The first-order chi connectivity index (χ1) is 20.4. The number of ether oxygens (including phenoxy) is 2. The van der Waals surface area contributed by atoms with Crippen LogP contribution in [0.3, 0.4) is 0 Å². The number of piperidine rings is 1. The van der Waals surface area contributed by atoms with Gasteiger partial charge in [-0.25, -0.2) is 14.2 Å². The van der Waals surface area contributed by atoms with Gasteiger partial charge >= 0.3 is 5.97 Å². The van der Waals surface area contributed by atoms with Crippen molar-refractivity contribution in [2.24, 2.45) is 5.41 Å². The average molecular weight is 568 g/mol. The molecule has 10 heteroatoms. The third kappa shape index (κ3) is 4.84. The number of pyridine rings is 1. The van der Waals surface area contributed by atoms with E-state index in [4.69, 9.17) is 19.7 Å². The number of nitriles is 1. The van der Waals surface area contributed by atoms with Gasteiger partial charge in [0.05, 0.1) is 40.9 Å². The first-order valence-corrected chi connectivity index (χ1v) is 14.3. The number of hydrogen-bond acceptors (Lipinski definition) is 7. The summed E-state index contributed by atoms with van der Waals surface area (Å²) in [6.07, 6.45) is 4.21. The second kappa shape index (κ2) is 10.4. The van der Waals surface area contributed by atoms with Crippen LogP contribution in [0.1, 0.15) is 58.9 Å². The van der Waals surface area contributed by atoms with E-state index in [9.17, 15) is 14.3 Å². The summed E-state index contributed by atoms with van der Waals surface area (Å²) in [6, 6.07) is 17.1. The molecule has 1 saturated carbocycles. The molecule has 214 valence electrons. The number of aromatic carboxylic acids is 1. The van der Waals surface area contributed by atoms with Crippen LogP contribution in [0.25, 0.3) is 11.0 Å². The van der Waals surface area contributed by atoms with Gasteiger partial charge in [0.1, 0.15) is 24.1 Å². The van der Waals surface area contributed by atoms with E-state index < -0.39 is 11.8 Å². The summed E-state index contributed by atoms with van der Waals surface area (Å²) in [5.41, 5.74) is 2.78. The first-order valence-electron chi connectivity index (χ1n) is 14.3. The number of hydrogen-bond donors (Lipinski definition) is 1. The van der Waals surface area contributed by atoms with Crippen molar-refractivity contribution in [1.29, 1.82) is 5.26 Å². The highest BCUT2D eigenvalue weighted by Crippen LogP contribution is 2.65. The Morgan fingerprint density at radius 3 is 2.71 bits per heavy atom. The Balaban J connectivity index is 1.04. The number of halogens is 1. The van der Waals surface area contributed by atoms with Crippen LogP contribution in [-0.4, -0.2) is 51.4 Å². The Bertz CT molecular complexity index is 1720. The van der Waals surface area contributed by atoms with Gasteiger partial charge in [0.25, 0.3) is 0 Å². The van der Waals surface area contributed by atoms with E-state index in [1.807, 2.05) is 24.3 Å². The van der Waals surface area contributed by atoms with Gasteiger partial charge in [-0.3, -0.25) is 0 Å². The maximum absolute atomic E-state index is 14.3. The SMILES string of the molecule is N#Cc1ccc(COc2cccc(N3CCC4(CC3)CC4c3nc4ccc(C(=O)O)cc4n3C[C@@H]3CCO3)n2)c(F)c1. The summed E-state index contributed by atoms with van der Waals surface area (Å²) < 4.78 is 28.0. The lowest BCUT2D eigenvalue weighted by Gasteiger charge is -2.34. The van der Waals surface area contributed by atoms with Crippen LogP contribution >= 0.6 is 0 Å². The Kier molecular flexibility index (Phi) is 6.54. The molecule has 4 heterocycles. The van der Waals surface area contributed by atoms with Crippen molar-refractivity contribution in [2.75, 3.05) is 24.6 Å². The van der Waals surface area contributed by atoms with Crippen LogP contribution in [0.4, 0.5) is 10.2 Å². The minimum atomic E-state index is -0.939. The average Bonchev–Trinajstić information content (AvgIpc) is 3.55. The Hall–Kier alpha value is -4.49. The number of carboxylic acid groups (broad SMARTS) is 1. The normalized spacial score (nSPS) is 20.7. The van der Waals surface area contributed by atoms with Gasteiger partial charge in [0.2, 0.25) is 5.88 Å². The number of benzene rings is 2. The molecule has 1 aliphatic carbocycles. The summed E-state index contributed by atoms with van der Waals surface area (Å²) in [5.74, 6) is 1.21. The van der Waals surface area contributed by atoms with Gasteiger partial charge in [-0.1, -0.05) is 12.1 Å². The van der Waals surface area contributed by atoms with Crippen LogP contribution in [0.15, 0.2) is 54.6 Å². The lowest BCUT2D eigenvalue weighted by Crippen LogP contribution is -2.36. The van der Waals surface area contributed by atoms with Gasteiger partial charge in [-0.05, 0) is 67.5 Å². The zero-order valence-corrected chi connectivity index (χ0v) is 23.0. The van der Waals surface area contributed by atoms with Crippen molar-refractivity contribution < 1.29 is 23.8 Å². The standard InChI is InChI=1S/C32H30FN5O4/c33-25-14-20(17-34)4-5-22(25)19-42-29-3-1-2-28(36-29)37-11-9-32(10-12-37)16-24(32)30-35-26-7-6-21(31(39)40)15-27(26)38(30)18-23-8-13-41-23/h1-7,14-15,23-24H,8-13,16,18-19H2,(H,39,40)/t23-,24?/m0/s1. The first kappa shape index (κ1) is 26.4. The Morgan fingerprint density at radius 2 is 2.00 bits per heavy atom. The lowest BCUT2D eigenvalue weighted by molar-refractivity contribution is -0.0590. The van der Waals surface area contributed by atoms with Gasteiger partial charge in [0.15, 0.2) is 0 Å². The van der Waals surface area contributed by atoms with Gasteiger partial charge in [0, 0.05) is 37.2 Å². The van der Waals surface area contributed by atoms with Crippen LogP contribution in [0.2, 0.25) is 0 Å². The van der Waals surface area contributed by atoms with E-state index in [0.29, 0.717) is 23.9 Å². The molecule has 2 aliphatic heterocycles. The number of aromatic nitrogens is 3. The molecule has 2 aromatic carbocycles. The number of carbonyl (C=O) groups is 1. The molecule has 3 aliphatic rings. The second-order valence-electron chi connectivity index (χ2n) is 11.5. The fourth-order valence-electron chi connectivity index (χ4n) is 6.36. The largest absolute Gasteiger partial charge is 0.478 e. The van der Waals surface area contributed by atoms with Crippen molar-refractivity contribution >= 4 is 22.8 Å². The van der Waals surface area contributed by atoms with Crippen LogP contribution in [-0.2, 0) is 17.9 Å². The number of imidazole rings is 1. The van der Waals surface area contributed by atoms with E-state index in [-0.39, 0.29) is 29.3 Å². The van der Waals surface area contributed by atoms with Crippen molar-refractivity contribution in [3.63, 3.8) is 0 Å². The highest BCUT2D eigenvalue weighted by molar-refractivity contribution is 5.92. The van der Waals surface area contributed by atoms with Gasteiger partial charge in [-0.15, -0.1) is 0 Å². The molecule has 0 amide bonds. The summed E-state index contributed by atoms with van der Waals surface area (Å²) in [7, 11) is 0. The van der Waals surface area contributed by atoms with E-state index in [1.165, 1.54) is 6.07 Å². The third-order valence-corrected chi connectivity index (χ3v) is 9.06. The molecule has 0 bridgehead atoms. The number of carboxylic acids is 1. The Labute approximate surface area is 242 Å². The van der Waals surface area contributed by atoms with Gasteiger partial charge in [-0.2, -0.15) is 10.2 Å². The van der Waals surface area contributed by atoms with Gasteiger partial charge < -0.3 is 24.0 Å². The molecule has 1 N–H and O–H groups in total. The molecular formula is C32H30FN5O4. The minimum Gasteiger partial charge on any atom is -0.478 e. The summed E-state index contributed by atoms with van der Waals surface area (Å²) >= 11 is 0. The molecule has 1 spiro atoms. The highest BCUT2D eigenvalue weighted by Gasteiger charge is 2.57. The topological polar surface area (TPSA) is 114 Å². The van der Waals surface area contributed by atoms with Crippen molar-refractivity contribution in [1.82, 2.24) is 14.5 Å². The molecule has 3 fully saturated rings. The third-order valence-electron chi connectivity index (χ3n) is 9.06. The molecule has 0 radical (unpaired) electrons. The second-order valence-corrected chi connectivity index (χ2v) is 11.5. The van der Waals surface area contributed by atoms with E-state index in [2.05, 4.69) is 14.5 Å².